The van der Waals surface area contributed by atoms with E-state index in [1.807, 2.05) is 78.9 Å². The number of ether oxygens (including phenoxy) is 5. The van der Waals surface area contributed by atoms with Crippen molar-refractivity contribution in [2.45, 2.75) is 25.9 Å². The summed E-state index contributed by atoms with van der Waals surface area (Å²) in [7, 11) is 1.51. The number of hydrogen-bond acceptors (Lipinski definition) is 6. The van der Waals surface area contributed by atoms with Crippen LogP contribution in [0.15, 0.2) is 78.9 Å². The van der Waals surface area contributed by atoms with Crippen LogP contribution in [0, 0.1) is 0 Å². The van der Waals surface area contributed by atoms with Crippen molar-refractivity contribution in [1.82, 2.24) is 0 Å². The predicted octanol–water partition coefficient (Wildman–Crippen LogP) is 5.45. The molecule has 3 rings (SSSR count). The Morgan fingerprint density at radius 3 is 1.88 bits per heavy atom. The molecule has 0 bridgehead atoms. The monoisotopic (exact) mass is 450 g/mol. The molecular weight excluding hydrogens is 420 g/mol. The molecule has 0 aromatic heterocycles. The largest absolute Gasteiger partial charge is 0.493 e. The van der Waals surface area contributed by atoms with E-state index in [1.54, 1.807) is 6.92 Å². The van der Waals surface area contributed by atoms with Crippen LogP contribution in [0.5, 0.6) is 23.0 Å². The summed E-state index contributed by atoms with van der Waals surface area (Å²) in [6.07, 6.45) is 0.602. The van der Waals surface area contributed by atoms with Crippen LogP contribution in [0.1, 0.15) is 18.9 Å². The van der Waals surface area contributed by atoms with E-state index in [4.69, 9.17) is 23.7 Å². The van der Waals surface area contributed by atoms with Crippen molar-refractivity contribution < 1.29 is 28.5 Å². The van der Waals surface area contributed by atoms with Crippen molar-refractivity contribution in [2.75, 3.05) is 26.9 Å². The standard InChI is InChI=1S/C27H30O6/c1-3-30-27(28)26(29-2)20-21-10-12-22(13-11-21)31-18-7-19-32-23-14-16-25(17-15-23)33-24-8-5-4-6-9-24/h4-6,8-17,26H,3,7,18-20H2,1-2H3. The van der Waals surface area contributed by atoms with Crippen LogP contribution in [-0.2, 0) is 20.7 Å². The zero-order valence-electron chi connectivity index (χ0n) is 19.1. The molecule has 3 aromatic carbocycles. The van der Waals surface area contributed by atoms with Crippen LogP contribution >= 0.6 is 0 Å². The summed E-state index contributed by atoms with van der Waals surface area (Å²) >= 11 is 0. The zero-order valence-corrected chi connectivity index (χ0v) is 19.1. The van der Waals surface area contributed by atoms with Crippen molar-refractivity contribution >= 4 is 5.97 Å². The third-order valence-corrected chi connectivity index (χ3v) is 4.81. The van der Waals surface area contributed by atoms with Gasteiger partial charge in [-0.25, -0.2) is 4.79 Å². The van der Waals surface area contributed by atoms with Gasteiger partial charge in [-0.3, -0.25) is 0 Å². The van der Waals surface area contributed by atoms with Crippen LogP contribution in [0.25, 0.3) is 0 Å². The molecule has 0 aliphatic rings. The lowest BCUT2D eigenvalue weighted by atomic mass is 10.1. The van der Waals surface area contributed by atoms with Crippen LogP contribution in [0.3, 0.4) is 0 Å². The maximum Gasteiger partial charge on any atom is 0.335 e. The second kappa shape index (κ2) is 13.1. The minimum atomic E-state index is -0.604. The minimum absolute atomic E-state index is 0.336. The van der Waals surface area contributed by atoms with Gasteiger partial charge in [-0.05, 0) is 61.0 Å². The Morgan fingerprint density at radius 2 is 1.30 bits per heavy atom. The van der Waals surface area contributed by atoms with Crippen LogP contribution in [0.4, 0.5) is 0 Å². The smallest absolute Gasteiger partial charge is 0.335 e. The number of carbonyl (C=O) groups is 1. The first-order valence-corrected chi connectivity index (χ1v) is 11.0. The summed E-state index contributed by atoms with van der Waals surface area (Å²) in [4.78, 5) is 11.9. The summed E-state index contributed by atoms with van der Waals surface area (Å²) in [5, 5.41) is 0. The summed E-state index contributed by atoms with van der Waals surface area (Å²) < 4.78 is 27.6. The van der Waals surface area contributed by atoms with Crippen LogP contribution in [-0.4, -0.2) is 39.0 Å². The Balaban J connectivity index is 1.35. The van der Waals surface area contributed by atoms with Gasteiger partial charge in [0, 0.05) is 20.0 Å². The highest BCUT2D eigenvalue weighted by Crippen LogP contribution is 2.23. The van der Waals surface area contributed by atoms with Gasteiger partial charge in [0.2, 0.25) is 0 Å². The Morgan fingerprint density at radius 1 is 0.758 bits per heavy atom. The number of hydrogen-bond donors (Lipinski definition) is 0. The molecular formula is C27H30O6. The van der Waals surface area contributed by atoms with Crippen molar-refractivity contribution in [2.24, 2.45) is 0 Å². The van der Waals surface area contributed by atoms with E-state index < -0.39 is 6.10 Å². The second-order valence-electron chi connectivity index (χ2n) is 7.26. The Kier molecular flexibility index (Phi) is 9.61. The summed E-state index contributed by atoms with van der Waals surface area (Å²) in [6.45, 7) is 3.20. The molecule has 1 unspecified atom stereocenters. The number of benzene rings is 3. The zero-order chi connectivity index (χ0) is 23.3. The Hall–Kier alpha value is -3.51. The molecule has 3 aromatic rings. The van der Waals surface area contributed by atoms with Gasteiger partial charge in [0.25, 0.3) is 0 Å². The average Bonchev–Trinajstić information content (AvgIpc) is 2.85. The molecule has 0 fully saturated rings. The molecule has 0 saturated carbocycles. The number of para-hydroxylation sites is 1. The van der Waals surface area contributed by atoms with Gasteiger partial charge in [-0.15, -0.1) is 0 Å². The fourth-order valence-corrected chi connectivity index (χ4v) is 3.10. The lowest BCUT2D eigenvalue weighted by Gasteiger charge is -2.14. The van der Waals surface area contributed by atoms with Crippen LogP contribution < -0.4 is 14.2 Å². The van der Waals surface area contributed by atoms with E-state index >= 15 is 0 Å². The first-order valence-electron chi connectivity index (χ1n) is 11.0. The highest BCUT2D eigenvalue weighted by molar-refractivity contribution is 5.75. The van der Waals surface area contributed by atoms with Crippen molar-refractivity contribution in [1.29, 1.82) is 0 Å². The molecule has 6 heteroatoms. The Labute approximate surface area is 195 Å². The first kappa shape index (κ1) is 24.1. The number of rotatable bonds is 13. The van der Waals surface area contributed by atoms with Gasteiger partial charge in [-0.2, -0.15) is 0 Å². The minimum Gasteiger partial charge on any atom is -0.493 e. The van der Waals surface area contributed by atoms with Crippen molar-refractivity contribution in [3.8, 4) is 23.0 Å². The molecule has 174 valence electrons. The molecule has 0 saturated heterocycles. The van der Waals surface area contributed by atoms with Gasteiger partial charge < -0.3 is 23.7 Å². The molecule has 0 aliphatic carbocycles. The highest BCUT2D eigenvalue weighted by atomic mass is 16.6. The first-order chi connectivity index (χ1) is 16.2. The predicted molar refractivity (Wildman–Crippen MR) is 126 cm³/mol. The topological polar surface area (TPSA) is 63.2 Å². The van der Waals surface area contributed by atoms with Crippen molar-refractivity contribution in [3.63, 3.8) is 0 Å². The number of methoxy groups -OCH3 is 1. The van der Waals surface area contributed by atoms with E-state index in [1.165, 1.54) is 7.11 Å². The molecule has 0 radical (unpaired) electrons. The van der Waals surface area contributed by atoms with E-state index in [-0.39, 0.29) is 5.97 Å². The molecule has 0 heterocycles. The summed E-state index contributed by atoms with van der Waals surface area (Å²) in [6, 6.07) is 24.8. The van der Waals surface area contributed by atoms with Crippen molar-refractivity contribution in [3.05, 3.63) is 84.4 Å². The molecule has 0 spiro atoms. The third kappa shape index (κ3) is 8.16. The fourth-order valence-electron chi connectivity index (χ4n) is 3.10. The second-order valence-corrected chi connectivity index (χ2v) is 7.26. The average molecular weight is 451 g/mol. The van der Waals surface area contributed by atoms with E-state index in [0.29, 0.717) is 26.2 Å². The number of esters is 1. The Bertz CT molecular complexity index is 954. The normalized spacial score (nSPS) is 11.5. The quantitative estimate of drug-likeness (QED) is 0.255. The maximum absolute atomic E-state index is 11.9. The van der Waals surface area contributed by atoms with E-state index in [2.05, 4.69) is 0 Å². The van der Waals surface area contributed by atoms with Gasteiger partial charge in [-0.1, -0.05) is 30.3 Å². The van der Waals surface area contributed by atoms with Gasteiger partial charge in [0.1, 0.15) is 23.0 Å². The molecule has 1 atom stereocenters. The number of carbonyl (C=O) groups excluding carboxylic acids is 1. The summed E-state index contributed by atoms with van der Waals surface area (Å²) in [5.41, 5.74) is 0.977. The molecule has 0 amide bonds. The summed E-state index contributed by atoms with van der Waals surface area (Å²) in [5.74, 6) is 2.77. The van der Waals surface area contributed by atoms with Gasteiger partial charge in [0.05, 0.1) is 19.8 Å². The SMILES string of the molecule is CCOC(=O)C(Cc1ccc(OCCCOc2ccc(Oc3ccccc3)cc2)cc1)OC. The van der Waals surface area contributed by atoms with Gasteiger partial charge >= 0.3 is 5.97 Å². The highest BCUT2D eigenvalue weighted by Gasteiger charge is 2.19. The molecule has 33 heavy (non-hydrogen) atoms. The molecule has 0 N–H and O–H groups in total. The third-order valence-electron chi connectivity index (χ3n) is 4.81. The lowest BCUT2D eigenvalue weighted by Crippen LogP contribution is -2.27. The van der Waals surface area contributed by atoms with Gasteiger partial charge in [0.15, 0.2) is 6.10 Å². The molecule has 6 nitrogen and oxygen atoms in total. The van der Waals surface area contributed by atoms with Crippen LogP contribution in [0.2, 0.25) is 0 Å². The van der Waals surface area contributed by atoms with E-state index in [0.717, 1.165) is 35.0 Å². The maximum atomic E-state index is 11.9. The molecule has 0 aliphatic heterocycles. The lowest BCUT2D eigenvalue weighted by molar-refractivity contribution is -0.154. The fraction of sp³-hybridized carbons (Fsp3) is 0.296. The van der Waals surface area contributed by atoms with E-state index in [9.17, 15) is 4.79 Å².